The van der Waals surface area contributed by atoms with Crippen LogP contribution in [0.4, 0.5) is 13.2 Å². The highest BCUT2D eigenvalue weighted by atomic mass is 19.4. The van der Waals surface area contributed by atoms with E-state index < -0.39 is 12.3 Å². The molecule has 2 rings (SSSR count). The van der Waals surface area contributed by atoms with E-state index in [0.29, 0.717) is 5.56 Å². The number of rotatable bonds is 4. The largest absolute Gasteiger partial charge is 0.459 e. The van der Waals surface area contributed by atoms with E-state index in [1.54, 1.807) is 12.1 Å². The lowest BCUT2D eigenvalue weighted by atomic mass is 10.1. The van der Waals surface area contributed by atoms with Crippen molar-refractivity contribution in [1.82, 2.24) is 9.97 Å². The minimum atomic E-state index is -4.56. The van der Waals surface area contributed by atoms with Gasteiger partial charge in [-0.15, -0.1) is 0 Å². The highest BCUT2D eigenvalue weighted by Gasteiger charge is 2.43. The van der Waals surface area contributed by atoms with Crippen LogP contribution in [0.5, 0.6) is 5.88 Å². The Balaban J connectivity index is 2.34. The smallest absolute Gasteiger partial charge is 0.429 e. The zero-order valence-electron chi connectivity index (χ0n) is 10.3. The first-order valence-corrected chi connectivity index (χ1v) is 5.79. The molecule has 0 saturated heterocycles. The molecule has 106 valence electrons. The summed E-state index contributed by atoms with van der Waals surface area (Å²) in [5, 5.41) is 0. The monoisotopic (exact) mass is 283 g/mol. The molecule has 2 aromatic rings. The number of alkyl halides is 3. The summed E-state index contributed by atoms with van der Waals surface area (Å²) in [6, 6.07) is 5.67. The minimum Gasteiger partial charge on any atom is -0.459 e. The van der Waals surface area contributed by atoms with E-state index in [0.717, 1.165) is 0 Å². The summed E-state index contributed by atoms with van der Waals surface area (Å²) in [6.45, 7) is 0.0457. The molecule has 0 aliphatic carbocycles. The third-order valence-electron chi connectivity index (χ3n) is 2.61. The maximum atomic E-state index is 13.1. The fourth-order valence-corrected chi connectivity index (χ4v) is 1.66. The fourth-order valence-electron chi connectivity index (χ4n) is 1.66. The van der Waals surface area contributed by atoms with E-state index in [1.165, 1.54) is 30.7 Å². The molecule has 20 heavy (non-hydrogen) atoms. The van der Waals surface area contributed by atoms with Gasteiger partial charge in [-0.2, -0.15) is 13.2 Å². The summed E-state index contributed by atoms with van der Waals surface area (Å²) in [4.78, 5) is 7.50. The first-order valence-electron chi connectivity index (χ1n) is 5.79. The average Bonchev–Trinajstić information content (AvgIpc) is 2.45. The summed E-state index contributed by atoms with van der Waals surface area (Å²) < 4.78 is 44.4. The van der Waals surface area contributed by atoms with Crippen LogP contribution in [-0.4, -0.2) is 16.1 Å². The Kier molecular flexibility index (Phi) is 4.19. The van der Waals surface area contributed by atoms with Crippen LogP contribution in [-0.2, 0) is 6.54 Å². The molecule has 2 N–H and O–H groups in total. The standard InChI is InChI=1S/C13H12F3N3O/c14-13(15,16)11(9-3-6-18-7-4-9)20-12-10(8-17)2-1-5-19-12/h1-7,11H,8,17H2. The van der Waals surface area contributed by atoms with Crippen LogP contribution in [0.15, 0.2) is 42.9 Å². The molecule has 0 fully saturated rings. The van der Waals surface area contributed by atoms with Crippen molar-refractivity contribution in [1.29, 1.82) is 0 Å². The molecule has 0 bridgehead atoms. The van der Waals surface area contributed by atoms with Crippen molar-refractivity contribution in [3.63, 3.8) is 0 Å². The van der Waals surface area contributed by atoms with E-state index >= 15 is 0 Å². The molecular weight excluding hydrogens is 271 g/mol. The zero-order valence-corrected chi connectivity index (χ0v) is 10.3. The molecule has 1 atom stereocenters. The molecule has 0 saturated carbocycles. The summed E-state index contributed by atoms with van der Waals surface area (Å²) in [5.74, 6) is -0.117. The second kappa shape index (κ2) is 5.87. The van der Waals surface area contributed by atoms with Gasteiger partial charge in [-0.3, -0.25) is 4.98 Å². The van der Waals surface area contributed by atoms with Gasteiger partial charge < -0.3 is 10.5 Å². The number of aromatic nitrogens is 2. The van der Waals surface area contributed by atoms with Crippen molar-refractivity contribution < 1.29 is 17.9 Å². The van der Waals surface area contributed by atoms with Crippen molar-refractivity contribution in [2.45, 2.75) is 18.8 Å². The number of pyridine rings is 2. The lowest BCUT2D eigenvalue weighted by molar-refractivity contribution is -0.198. The van der Waals surface area contributed by atoms with Gasteiger partial charge in [-0.25, -0.2) is 4.98 Å². The number of nitrogens with two attached hydrogens (primary N) is 1. The Hall–Kier alpha value is -2.15. The van der Waals surface area contributed by atoms with Crippen molar-refractivity contribution >= 4 is 0 Å². The highest BCUT2D eigenvalue weighted by molar-refractivity contribution is 5.27. The average molecular weight is 283 g/mol. The van der Waals surface area contributed by atoms with E-state index in [4.69, 9.17) is 10.5 Å². The second-order valence-electron chi connectivity index (χ2n) is 3.99. The Bertz CT molecular complexity index is 560. The van der Waals surface area contributed by atoms with Crippen LogP contribution in [0.1, 0.15) is 17.2 Å². The Labute approximate surface area is 113 Å². The molecule has 0 aromatic carbocycles. The molecule has 0 radical (unpaired) electrons. The Morgan fingerprint density at radius 2 is 1.85 bits per heavy atom. The first-order chi connectivity index (χ1) is 9.52. The first kappa shape index (κ1) is 14.3. The number of hydrogen-bond acceptors (Lipinski definition) is 4. The molecule has 0 amide bonds. The highest BCUT2D eigenvalue weighted by Crippen LogP contribution is 2.36. The van der Waals surface area contributed by atoms with Gasteiger partial charge in [-0.1, -0.05) is 6.07 Å². The zero-order chi connectivity index (χ0) is 14.6. The summed E-state index contributed by atoms with van der Waals surface area (Å²) in [5.41, 5.74) is 5.84. The lowest BCUT2D eigenvalue weighted by Gasteiger charge is -2.22. The maximum absolute atomic E-state index is 13.1. The fraction of sp³-hybridized carbons (Fsp3) is 0.231. The van der Waals surface area contributed by atoms with Gasteiger partial charge >= 0.3 is 6.18 Å². The lowest BCUT2D eigenvalue weighted by Crippen LogP contribution is -2.27. The number of nitrogens with zero attached hydrogens (tertiary/aromatic N) is 2. The van der Waals surface area contributed by atoms with Gasteiger partial charge in [0.1, 0.15) is 0 Å². The Morgan fingerprint density at radius 3 is 2.45 bits per heavy atom. The summed E-state index contributed by atoms with van der Waals surface area (Å²) in [6.07, 6.45) is -2.76. The van der Waals surface area contributed by atoms with Gasteiger partial charge in [0, 0.05) is 36.3 Å². The third kappa shape index (κ3) is 3.24. The van der Waals surface area contributed by atoms with Gasteiger partial charge in [0.15, 0.2) is 0 Å². The second-order valence-corrected chi connectivity index (χ2v) is 3.99. The molecule has 7 heteroatoms. The molecule has 2 heterocycles. The Morgan fingerprint density at radius 1 is 1.15 bits per heavy atom. The predicted molar refractivity (Wildman–Crippen MR) is 65.8 cm³/mol. The van der Waals surface area contributed by atoms with Crippen molar-refractivity contribution in [2.75, 3.05) is 0 Å². The molecule has 4 nitrogen and oxygen atoms in total. The van der Waals surface area contributed by atoms with Crippen LogP contribution in [0, 0.1) is 0 Å². The van der Waals surface area contributed by atoms with Crippen molar-refractivity contribution in [3.05, 3.63) is 54.0 Å². The van der Waals surface area contributed by atoms with Crippen LogP contribution in [0.3, 0.4) is 0 Å². The van der Waals surface area contributed by atoms with Crippen LogP contribution in [0.2, 0.25) is 0 Å². The van der Waals surface area contributed by atoms with Gasteiger partial charge in [0.25, 0.3) is 0 Å². The van der Waals surface area contributed by atoms with E-state index in [9.17, 15) is 13.2 Å². The number of ether oxygens (including phenoxy) is 1. The topological polar surface area (TPSA) is 61.0 Å². The normalized spacial score (nSPS) is 13.0. The van der Waals surface area contributed by atoms with Crippen LogP contribution >= 0.6 is 0 Å². The van der Waals surface area contributed by atoms with Gasteiger partial charge in [-0.05, 0) is 18.2 Å². The molecule has 0 aliphatic rings. The van der Waals surface area contributed by atoms with E-state index in [1.807, 2.05) is 0 Å². The van der Waals surface area contributed by atoms with E-state index in [-0.39, 0.29) is 18.0 Å². The molecule has 0 aliphatic heterocycles. The molecule has 1 unspecified atom stereocenters. The quantitative estimate of drug-likeness (QED) is 0.937. The minimum absolute atomic E-state index is 0.0406. The summed E-state index contributed by atoms with van der Waals surface area (Å²) in [7, 11) is 0. The van der Waals surface area contributed by atoms with Gasteiger partial charge in [0.05, 0.1) is 0 Å². The van der Waals surface area contributed by atoms with E-state index in [2.05, 4.69) is 9.97 Å². The SMILES string of the molecule is NCc1cccnc1OC(c1ccncc1)C(F)(F)F. The molecule has 2 aromatic heterocycles. The summed E-state index contributed by atoms with van der Waals surface area (Å²) >= 11 is 0. The third-order valence-corrected chi connectivity index (χ3v) is 2.61. The number of halogens is 3. The van der Waals surface area contributed by atoms with Gasteiger partial charge in [0.2, 0.25) is 12.0 Å². The van der Waals surface area contributed by atoms with Crippen molar-refractivity contribution in [3.8, 4) is 5.88 Å². The molecule has 0 spiro atoms. The predicted octanol–water partition coefficient (Wildman–Crippen LogP) is 2.62. The number of hydrogen-bond donors (Lipinski definition) is 1. The van der Waals surface area contributed by atoms with Crippen molar-refractivity contribution in [2.24, 2.45) is 5.73 Å². The van der Waals surface area contributed by atoms with Crippen LogP contribution in [0.25, 0.3) is 0 Å². The maximum Gasteiger partial charge on any atom is 0.429 e. The van der Waals surface area contributed by atoms with Crippen LogP contribution < -0.4 is 10.5 Å². The molecular formula is C13H12F3N3O.